The van der Waals surface area contributed by atoms with E-state index in [0.29, 0.717) is 18.2 Å². The van der Waals surface area contributed by atoms with Crippen molar-refractivity contribution in [1.82, 2.24) is 14.9 Å². The molecule has 2 aromatic rings. The first kappa shape index (κ1) is 15.5. The molecular weight excluding hydrogens is 324 g/mol. The van der Waals surface area contributed by atoms with Gasteiger partial charge >= 0.3 is 0 Å². The van der Waals surface area contributed by atoms with Crippen molar-refractivity contribution in [2.24, 2.45) is 0 Å². The van der Waals surface area contributed by atoms with Gasteiger partial charge in [0.25, 0.3) is 5.91 Å². The first-order valence-corrected chi connectivity index (χ1v) is 9.11. The molecule has 2 atom stereocenters. The Hall–Kier alpha value is -2.04. The quantitative estimate of drug-likeness (QED) is 0.796. The molecule has 2 aromatic heterocycles. The molecule has 0 saturated carbocycles. The molecule has 0 radical (unpaired) electrons. The molecule has 2 aliphatic rings. The van der Waals surface area contributed by atoms with Gasteiger partial charge in [-0.15, -0.1) is 0 Å². The molecular formula is C17H18N4O2S. The number of rotatable bonds is 1. The summed E-state index contributed by atoms with van der Waals surface area (Å²) < 4.78 is 6.04. The Bertz CT molecular complexity index is 768. The fourth-order valence-electron chi connectivity index (χ4n) is 3.78. The first-order chi connectivity index (χ1) is 11.7. The third-order valence-electron chi connectivity index (χ3n) is 4.93. The van der Waals surface area contributed by atoms with Crippen molar-refractivity contribution in [3.8, 4) is 6.07 Å². The number of likely N-dealkylation sites (tertiary alicyclic amines) is 1. The van der Waals surface area contributed by atoms with Crippen LogP contribution in [0.3, 0.4) is 0 Å². The lowest BCUT2D eigenvalue weighted by Crippen LogP contribution is -2.60. The minimum atomic E-state index is -0.543. The molecule has 4 rings (SSSR count). The van der Waals surface area contributed by atoms with Crippen molar-refractivity contribution < 1.29 is 9.53 Å². The van der Waals surface area contributed by atoms with Crippen molar-refractivity contribution in [1.29, 1.82) is 5.26 Å². The zero-order chi connectivity index (χ0) is 16.6. The summed E-state index contributed by atoms with van der Waals surface area (Å²) in [5, 5.41) is 10.2. The van der Waals surface area contributed by atoms with E-state index >= 15 is 0 Å². The average Bonchev–Trinajstić information content (AvgIpc) is 3.05. The number of hydrogen-bond donors (Lipinski definition) is 0. The Balaban J connectivity index is 1.66. The van der Waals surface area contributed by atoms with Gasteiger partial charge in [-0.3, -0.25) is 4.79 Å². The highest BCUT2D eigenvalue weighted by Gasteiger charge is 2.49. The normalized spacial score (nSPS) is 27.3. The van der Waals surface area contributed by atoms with E-state index in [4.69, 9.17) is 4.74 Å². The molecule has 7 heteroatoms. The van der Waals surface area contributed by atoms with E-state index in [0.717, 1.165) is 42.5 Å². The van der Waals surface area contributed by atoms with Gasteiger partial charge in [0.2, 0.25) is 0 Å². The van der Waals surface area contributed by atoms with Crippen LogP contribution in [0.4, 0.5) is 0 Å². The van der Waals surface area contributed by atoms with Crippen molar-refractivity contribution in [3.63, 3.8) is 0 Å². The molecule has 2 saturated heterocycles. The smallest absolute Gasteiger partial charge is 0.284 e. The van der Waals surface area contributed by atoms with E-state index in [2.05, 4.69) is 16.0 Å². The van der Waals surface area contributed by atoms with Crippen LogP contribution < -0.4 is 0 Å². The topological polar surface area (TPSA) is 79.1 Å². The summed E-state index contributed by atoms with van der Waals surface area (Å²) in [6.45, 7) is 1.25. The van der Waals surface area contributed by atoms with Crippen molar-refractivity contribution in [3.05, 3.63) is 23.3 Å². The van der Waals surface area contributed by atoms with E-state index < -0.39 is 11.6 Å². The standard InChI is InChI=1S/C17H18N4O2S/c18-11-13-17(6-1-2-10-23-17)7-4-9-21(13)16(22)15-20-12-5-3-8-19-14(12)24-15/h3,5,8,13H,1-2,4,6-7,9-10H2/t13-,17-/m0/s1. The number of fused-ring (bicyclic) bond motifs is 1. The highest BCUT2D eigenvalue weighted by molar-refractivity contribution is 7.19. The molecule has 6 nitrogen and oxygen atoms in total. The Morgan fingerprint density at radius 3 is 3.04 bits per heavy atom. The highest BCUT2D eigenvalue weighted by Crippen LogP contribution is 2.39. The molecule has 0 unspecified atom stereocenters. The Labute approximate surface area is 144 Å². The molecule has 0 bridgehead atoms. The second-order valence-electron chi connectivity index (χ2n) is 6.35. The molecule has 4 heterocycles. The van der Waals surface area contributed by atoms with Crippen LogP contribution in [0.15, 0.2) is 18.3 Å². The number of carbonyl (C=O) groups is 1. The van der Waals surface area contributed by atoms with Crippen molar-refractivity contribution in [2.75, 3.05) is 13.2 Å². The second kappa shape index (κ2) is 6.11. The van der Waals surface area contributed by atoms with Crippen LogP contribution in [-0.2, 0) is 4.74 Å². The van der Waals surface area contributed by atoms with Gasteiger partial charge < -0.3 is 9.64 Å². The van der Waals surface area contributed by atoms with Gasteiger partial charge in [0.1, 0.15) is 22.0 Å². The fraction of sp³-hybridized carbons (Fsp3) is 0.529. The number of aromatic nitrogens is 2. The third-order valence-corrected chi connectivity index (χ3v) is 5.89. The largest absolute Gasteiger partial charge is 0.372 e. The molecule has 0 aliphatic carbocycles. The first-order valence-electron chi connectivity index (χ1n) is 8.30. The summed E-state index contributed by atoms with van der Waals surface area (Å²) in [4.78, 5) is 24.1. The van der Waals surface area contributed by atoms with Crippen LogP contribution in [0.25, 0.3) is 10.3 Å². The van der Waals surface area contributed by atoms with E-state index in [1.165, 1.54) is 11.3 Å². The van der Waals surface area contributed by atoms with Gasteiger partial charge in [-0.05, 0) is 44.2 Å². The zero-order valence-corrected chi connectivity index (χ0v) is 14.1. The van der Waals surface area contributed by atoms with E-state index in [1.54, 1.807) is 17.2 Å². The maximum atomic E-state index is 13.0. The monoisotopic (exact) mass is 342 g/mol. The maximum Gasteiger partial charge on any atom is 0.284 e. The molecule has 2 fully saturated rings. The van der Waals surface area contributed by atoms with Gasteiger partial charge in [0.15, 0.2) is 5.01 Å². The van der Waals surface area contributed by atoms with Crippen molar-refractivity contribution >= 4 is 27.6 Å². The lowest BCUT2D eigenvalue weighted by molar-refractivity contribution is -0.128. The number of amides is 1. The highest BCUT2D eigenvalue weighted by atomic mass is 32.1. The summed E-state index contributed by atoms with van der Waals surface area (Å²) in [6.07, 6.45) is 6.31. The Morgan fingerprint density at radius 1 is 1.42 bits per heavy atom. The SMILES string of the molecule is N#C[C@@H]1N(C(=O)c2nc3cccnc3s2)CCC[C@@]12CCCCO2. The van der Waals surface area contributed by atoms with Crippen molar-refractivity contribution in [2.45, 2.75) is 43.7 Å². The number of ether oxygens (including phenoxy) is 1. The van der Waals surface area contributed by atoms with Gasteiger partial charge in [-0.25, -0.2) is 9.97 Å². The predicted octanol–water partition coefficient (Wildman–Crippen LogP) is 2.76. The molecule has 124 valence electrons. The van der Waals surface area contributed by atoms with E-state index in [9.17, 15) is 10.1 Å². The van der Waals surface area contributed by atoms with Gasteiger partial charge in [0.05, 0.1) is 6.07 Å². The van der Waals surface area contributed by atoms with Crippen LogP contribution in [0, 0.1) is 11.3 Å². The summed E-state index contributed by atoms with van der Waals surface area (Å²) in [5.74, 6) is -0.183. The summed E-state index contributed by atoms with van der Waals surface area (Å²) in [5.41, 5.74) is 0.218. The number of carbonyl (C=O) groups excluding carboxylic acids is 1. The van der Waals surface area contributed by atoms with Gasteiger partial charge in [-0.2, -0.15) is 5.26 Å². The molecule has 1 amide bonds. The molecule has 0 N–H and O–H groups in total. The Kier molecular flexibility index (Phi) is 3.94. The molecule has 0 aromatic carbocycles. The average molecular weight is 342 g/mol. The summed E-state index contributed by atoms with van der Waals surface area (Å²) in [6, 6.07) is 5.45. The van der Waals surface area contributed by atoms with Crippen LogP contribution in [0.2, 0.25) is 0 Å². The maximum absolute atomic E-state index is 13.0. The number of hydrogen-bond acceptors (Lipinski definition) is 6. The van der Waals surface area contributed by atoms with Gasteiger partial charge in [0, 0.05) is 19.3 Å². The van der Waals surface area contributed by atoms with Gasteiger partial charge in [-0.1, -0.05) is 11.3 Å². The lowest BCUT2D eigenvalue weighted by Gasteiger charge is -2.48. The van der Waals surface area contributed by atoms with Crippen LogP contribution in [0.5, 0.6) is 0 Å². The number of nitrogens with zero attached hydrogens (tertiary/aromatic N) is 4. The zero-order valence-electron chi connectivity index (χ0n) is 13.3. The van der Waals surface area contributed by atoms with E-state index in [1.807, 2.05) is 6.07 Å². The lowest BCUT2D eigenvalue weighted by atomic mass is 9.79. The van der Waals surface area contributed by atoms with Crippen LogP contribution >= 0.6 is 11.3 Å². The predicted molar refractivity (Wildman–Crippen MR) is 89.6 cm³/mol. The third kappa shape index (κ3) is 2.46. The summed E-state index contributed by atoms with van der Waals surface area (Å²) in [7, 11) is 0. The van der Waals surface area contributed by atoms with E-state index in [-0.39, 0.29) is 5.91 Å². The molecule has 1 spiro atoms. The number of piperidine rings is 1. The molecule has 2 aliphatic heterocycles. The summed E-state index contributed by atoms with van der Waals surface area (Å²) >= 11 is 1.28. The minimum absolute atomic E-state index is 0.183. The Morgan fingerprint density at radius 2 is 2.29 bits per heavy atom. The number of thiazole rings is 1. The molecule has 24 heavy (non-hydrogen) atoms. The van der Waals surface area contributed by atoms with Crippen LogP contribution in [0.1, 0.15) is 41.9 Å². The second-order valence-corrected chi connectivity index (χ2v) is 7.33. The van der Waals surface area contributed by atoms with Crippen LogP contribution in [-0.4, -0.2) is 45.6 Å². The minimum Gasteiger partial charge on any atom is -0.372 e. The number of nitriles is 1. The number of pyridine rings is 1. The fourth-order valence-corrected chi connectivity index (χ4v) is 4.64.